The van der Waals surface area contributed by atoms with Gasteiger partial charge in [-0.3, -0.25) is 9.36 Å². The summed E-state index contributed by atoms with van der Waals surface area (Å²) in [5.74, 6) is -0.536. The van der Waals surface area contributed by atoms with Crippen molar-refractivity contribution in [3.8, 4) is 0 Å². The molecule has 0 fully saturated rings. The van der Waals surface area contributed by atoms with E-state index in [1.165, 1.54) is 12.1 Å². The molecule has 0 aliphatic rings. The van der Waals surface area contributed by atoms with Gasteiger partial charge in [0.25, 0.3) is 5.56 Å². The fourth-order valence-electron chi connectivity index (χ4n) is 1.40. The lowest BCUT2D eigenvalue weighted by atomic mass is 10.2. The van der Waals surface area contributed by atoms with Crippen LogP contribution >= 0.6 is 11.6 Å². The number of benzene rings is 1. The van der Waals surface area contributed by atoms with Crippen LogP contribution in [-0.4, -0.2) is 15.8 Å². The van der Waals surface area contributed by atoms with E-state index in [0.29, 0.717) is 11.8 Å². The van der Waals surface area contributed by atoms with Gasteiger partial charge >= 0.3 is 0 Å². The summed E-state index contributed by atoms with van der Waals surface area (Å²) < 4.78 is 13.9. The first kappa shape index (κ1) is 10.8. The Balaban J connectivity index is 2.85. The van der Waals surface area contributed by atoms with Crippen LogP contribution in [0, 0.1) is 5.82 Å². The molecule has 0 radical (unpaired) electrons. The number of aromatic nitrogens is 2. The van der Waals surface area contributed by atoms with Crippen molar-refractivity contribution in [3.63, 3.8) is 0 Å². The van der Waals surface area contributed by atoms with Crippen LogP contribution in [0.15, 0.2) is 23.0 Å². The zero-order chi connectivity index (χ0) is 11.7. The molecule has 0 aliphatic carbocycles. The van der Waals surface area contributed by atoms with E-state index in [-0.39, 0.29) is 17.2 Å². The maximum absolute atomic E-state index is 13.0. The average molecular weight is 241 g/mol. The summed E-state index contributed by atoms with van der Waals surface area (Å²) in [6.07, 6.45) is 0.528. The van der Waals surface area contributed by atoms with E-state index in [1.54, 1.807) is 0 Å². The number of fused-ring (bicyclic) bond motifs is 1. The van der Waals surface area contributed by atoms with E-state index < -0.39 is 11.4 Å². The van der Waals surface area contributed by atoms with Crippen LogP contribution in [0.5, 0.6) is 0 Å². The summed E-state index contributed by atoms with van der Waals surface area (Å²) in [6.45, 7) is -0.197. The SMILES string of the molecule is O=CCn1c(Cl)nc2ccc(F)cc2c1=O. The van der Waals surface area contributed by atoms with Gasteiger partial charge in [0.05, 0.1) is 17.4 Å². The molecule has 2 aromatic rings. The maximum Gasteiger partial charge on any atom is 0.262 e. The summed E-state index contributed by atoms with van der Waals surface area (Å²) in [7, 11) is 0. The minimum Gasteiger partial charge on any atom is -0.301 e. The molecule has 6 heteroatoms. The second kappa shape index (κ2) is 4.02. The van der Waals surface area contributed by atoms with Gasteiger partial charge in [0.2, 0.25) is 5.28 Å². The molecular formula is C10H6ClFN2O2. The Kier molecular flexibility index (Phi) is 2.70. The van der Waals surface area contributed by atoms with Crippen LogP contribution in [0.3, 0.4) is 0 Å². The van der Waals surface area contributed by atoms with Crippen molar-refractivity contribution >= 4 is 28.8 Å². The number of hydrogen-bond donors (Lipinski definition) is 0. The Labute approximate surface area is 94.3 Å². The van der Waals surface area contributed by atoms with Gasteiger partial charge in [-0.05, 0) is 29.8 Å². The number of halogens is 2. The number of nitrogens with zero attached hydrogens (tertiary/aromatic N) is 2. The standard InChI is InChI=1S/C10H6ClFN2O2/c11-10-13-8-2-1-6(12)5-7(8)9(16)14(10)3-4-15/h1-2,4-5H,3H2. The highest BCUT2D eigenvalue weighted by Crippen LogP contribution is 2.12. The third kappa shape index (κ3) is 1.69. The normalized spacial score (nSPS) is 10.6. The van der Waals surface area contributed by atoms with Gasteiger partial charge in [0.1, 0.15) is 12.1 Å². The van der Waals surface area contributed by atoms with E-state index >= 15 is 0 Å². The van der Waals surface area contributed by atoms with Gasteiger partial charge in [-0.2, -0.15) is 0 Å². The van der Waals surface area contributed by atoms with Gasteiger partial charge in [0.15, 0.2) is 0 Å². The van der Waals surface area contributed by atoms with Gasteiger partial charge in [-0.1, -0.05) is 0 Å². The predicted molar refractivity (Wildman–Crippen MR) is 57.0 cm³/mol. The summed E-state index contributed by atoms with van der Waals surface area (Å²) in [5, 5.41) is 0.0162. The number of hydrogen-bond acceptors (Lipinski definition) is 3. The van der Waals surface area contributed by atoms with Crippen LogP contribution in [-0.2, 0) is 11.3 Å². The van der Waals surface area contributed by atoms with Crippen molar-refractivity contribution in [2.24, 2.45) is 0 Å². The first-order valence-corrected chi connectivity index (χ1v) is 4.80. The second-order valence-corrected chi connectivity index (χ2v) is 3.46. The highest BCUT2D eigenvalue weighted by Gasteiger charge is 2.09. The van der Waals surface area contributed by atoms with Gasteiger partial charge in [0, 0.05) is 0 Å². The summed E-state index contributed by atoms with van der Waals surface area (Å²) in [5.41, 5.74) is -0.222. The van der Waals surface area contributed by atoms with E-state index in [0.717, 1.165) is 10.6 Å². The number of carbonyl (C=O) groups excluding carboxylic acids is 1. The fourth-order valence-corrected chi connectivity index (χ4v) is 1.64. The molecule has 0 amide bonds. The lowest BCUT2D eigenvalue weighted by Crippen LogP contribution is -2.22. The Morgan fingerprint density at radius 2 is 2.25 bits per heavy atom. The molecule has 0 aliphatic heterocycles. The molecule has 0 N–H and O–H groups in total. The van der Waals surface area contributed by atoms with Crippen LogP contribution in [0.4, 0.5) is 4.39 Å². The molecule has 0 unspecified atom stereocenters. The van der Waals surface area contributed by atoms with Crippen molar-refractivity contribution in [2.45, 2.75) is 6.54 Å². The smallest absolute Gasteiger partial charge is 0.262 e. The Morgan fingerprint density at radius 1 is 1.50 bits per heavy atom. The second-order valence-electron chi connectivity index (χ2n) is 3.12. The zero-order valence-electron chi connectivity index (χ0n) is 7.98. The Hall–Kier alpha value is -1.75. The van der Waals surface area contributed by atoms with E-state index in [4.69, 9.17) is 11.6 Å². The van der Waals surface area contributed by atoms with Crippen molar-refractivity contribution in [1.82, 2.24) is 9.55 Å². The number of carbonyl (C=O) groups is 1. The quantitative estimate of drug-likeness (QED) is 0.589. The van der Waals surface area contributed by atoms with Crippen LogP contribution in [0.25, 0.3) is 10.9 Å². The molecule has 4 nitrogen and oxygen atoms in total. The summed E-state index contributed by atoms with van der Waals surface area (Å²) >= 11 is 5.73. The van der Waals surface area contributed by atoms with E-state index in [1.807, 2.05) is 0 Å². The average Bonchev–Trinajstić information content (AvgIpc) is 2.26. The summed E-state index contributed by atoms with van der Waals surface area (Å²) in [6, 6.07) is 3.63. The van der Waals surface area contributed by atoms with Crippen LogP contribution < -0.4 is 5.56 Å². The molecule has 0 bridgehead atoms. The third-order valence-electron chi connectivity index (χ3n) is 2.13. The lowest BCUT2D eigenvalue weighted by molar-refractivity contribution is -0.108. The lowest BCUT2D eigenvalue weighted by Gasteiger charge is -2.05. The zero-order valence-corrected chi connectivity index (χ0v) is 8.74. The molecular weight excluding hydrogens is 235 g/mol. The summed E-state index contributed by atoms with van der Waals surface area (Å²) in [4.78, 5) is 26.1. The molecule has 0 spiro atoms. The fraction of sp³-hybridized carbons (Fsp3) is 0.100. The Bertz CT molecular complexity index is 624. The minimum absolute atomic E-state index is 0.0868. The predicted octanol–water partition coefficient (Wildman–Crippen LogP) is 1.39. The van der Waals surface area contributed by atoms with Crippen molar-refractivity contribution in [1.29, 1.82) is 0 Å². The number of aldehydes is 1. The molecule has 0 saturated carbocycles. The molecule has 0 saturated heterocycles. The molecule has 0 atom stereocenters. The van der Waals surface area contributed by atoms with Crippen molar-refractivity contribution in [2.75, 3.05) is 0 Å². The first-order chi connectivity index (χ1) is 7.63. The topological polar surface area (TPSA) is 52.0 Å². The van der Waals surface area contributed by atoms with E-state index in [9.17, 15) is 14.0 Å². The Morgan fingerprint density at radius 3 is 2.94 bits per heavy atom. The third-order valence-corrected chi connectivity index (χ3v) is 2.42. The van der Waals surface area contributed by atoms with Crippen molar-refractivity contribution < 1.29 is 9.18 Å². The maximum atomic E-state index is 13.0. The van der Waals surface area contributed by atoms with Crippen LogP contribution in [0.1, 0.15) is 0 Å². The van der Waals surface area contributed by atoms with Gasteiger partial charge in [-0.15, -0.1) is 0 Å². The monoisotopic (exact) mass is 240 g/mol. The van der Waals surface area contributed by atoms with Gasteiger partial charge in [-0.25, -0.2) is 9.37 Å². The van der Waals surface area contributed by atoms with Gasteiger partial charge < -0.3 is 4.79 Å². The first-order valence-electron chi connectivity index (χ1n) is 4.42. The van der Waals surface area contributed by atoms with Crippen molar-refractivity contribution in [3.05, 3.63) is 39.7 Å². The largest absolute Gasteiger partial charge is 0.301 e. The van der Waals surface area contributed by atoms with Crippen LogP contribution in [0.2, 0.25) is 5.28 Å². The number of rotatable bonds is 2. The molecule has 82 valence electrons. The molecule has 1 aromatic heterocycles. The molecule has 2 rings (SSSR count). The molecule has 16 heavy (non-hydrogen) atoms. The molecule has 1 heterocycles. The highest BCUT2D eigenvalue weighted by molar-refractivity contribution is 6.28. The minimum atomic E-state index is -0.536. The van der Waals surface area contributed by atoms with E-state index in [2.05, 4.69) is 4.98 Å². The highest BCUT2D eigenvalue weighted by atomic mass is 35.5. The molecule has 1 aromatic carbocycles.